The fourth-order valence-corrected chi connectivity index (χ4v) is 3.56. The average molecular weight is 267 g/mol. The largest absolute Gasteiger partial charge is 0.370 e. The maximum absolute atomic E-state index is 11.1. The lowest BCUT2D eigenvalue weighted by molar-refractivity contribution is -0.118. The van der Waals surface area contributed by atoms with E-state index in [2.05, 4.69) is 40.8 Å². The van der Waals surface area contributed by atoms with Crippen LogP contribution in [0.15, 0.2) is 30.5 Å². The normalized spacial score (nSPS) is 24.3. The smallest absolute Gasteiger partial charge is 0.218 e. The van der Waals surface area contributed by atoms with Gasteiger partial charge in [0, 0.05) is 36.1 Å². The van der Waals surface area contributed by atoms with Crippen molar-refractivity contribution >= 4 is 22.4 Å². The molecule has 4 N–H and O–H groups in total. The molecule has 1 aromatic carbocycles. The number of amides is 1. The van der Waals surface area contributed by atoms with Crippen molar-refractivity contribution < 1.29 is 4.79 Å². The van der Waals surface area contributed by atoms with Crippen LogP contribution in [0.3, 0.4) is 0 Å². The zero-order valence-electron chi connectivity index (χ0n) is 11.1. The molecule has 1 aliphatic heterocycles. The fraction of sp³-hybridized carbons (Fsp3) is 0.312. The predicted molar refractivity (Wildman–Crippen MR) is 79.1 cm³/mol. The van der Waals surface area contributed by atoms with Gasteiger partial charge in [-0.05, 0) is 35.1 Å². The van der Waals surface area contributed by atoms with Crippen LogP contribution in [0.4, 0.5) is 0 Å². The Labute approximate surface area is 117 Å². The third-order valence-electron chi connectivity index (χ3n) is 4.40. The van der Waals surface area contributed by atoms with Crippen molar-refractivity contribution in [1.82, 2.24) is 10.3 Å². The molecule has 2 atom stereocenters. The van der Waals surface area contributed by atoms with Crippen LogP contribution in [0.2, 0.25) is 0 Å². The summed E-state index contributed by atoms with van der Waals surface area (Å²) < 4.78 is 0. The molecule has 1 aromatic heterocycles. The molecule has 0 saturated heterocycles. The Morgan fingerprint density at radius 3 is 3.15 bits per heavy atom. The predicted octanol–water partition coefficient (Wildman–Crippen LogP) is 1.57. The number of aromatic amines is 1. The third kappa shape index (κ3) is 1.68. The van der Waals surface area contributed by atoms with Gasteiger partial charge in [-0.15, -0.1) is 0 Å². The van der Waals surface area contributed by atoms with Crippen LogP contribution < -0.4 is 11.1 Å². The Bertz CT molecular complexity index is 728. The molecule has 0 fully saturated rings. The van der Waals surface area contributed by atoms with Crippen molar-refractivity contribution in [1.29, 1.82) is 0 Å². The van der Waals surface area contributed by atoms with Gasteiger partial charge in [0.25, 0.3) is 0 Å². The summed E-state index contributed by atoms with van der Waals surface area (Å²) in [5, 5.41) is 4.89. The quantitative estimate of drug-likeness (QED) is 0.773. The van der Waals surface area contributed by atoms with E-state index in [4.69, 9.17) is 5.73 Å². The van der Waals surface area contributed by atoms with Crippen molar-refractivity contribution in [2.45, 2.75) is 18.9 Å². The van der Waals surface area contributed by atoms with Gasteiger partial charge in [0.1, 0.15) is 0 Å². The topological polar surface area (TPSA) is 70.9 Å². The molecule has 1 aliphatic carbocycles. The van der Waals surface area contributed by atoms with E-state index in [0.29, 0.717) is 12.5 Å². The first kappa shape index (κ1) is 11.7. The van der Waals surface area contributed by atoms with Crippen LogP contribution in [0.25, 0.3) is 16.5 Å². The van der Waals surface area contributed by atoms with Gasteiger partial charge in [-0.25, -0.2) is 0 Å². The molecule has 2 heterocycles. The van der Waals surface area contributed by atoms with Crippen molar-refractivity contribution in [3.63, 3.8) is 0 Å². The monoisotopic (exact) mass is 267 g/mol. The van der Waals surface area contributed by atoms with Gasteiger partial charge in [-0.3, -0.25) is 4.79 Å². The fourth-order valence-electron chi connectivity index (χ4n) is 3.56. The molecule has 102 valence electrons. The number of carbonyl (C=O) groups excluding carboxylic acids is 1. The minimum absolute atomic E-state index is 0.203. The van der Waals surface area contributed by atoms with Gasteiger partial charge in [0.05, 0.1) is 0 Å². The van der Waals surface area contributed by atoms with Crippen molar-refractivity contribution in [2.75, 3.05) is 6.54 Å². The van der Waals surface area contributed by atoms with Crippen LogP contribution in [-0.4, -0.2) is 23.5 Å². The second-order valence-electron chi connectivity index (χ2n) is 5.76. The lowest BCUT2D eigenvalue weighted by atomic mass is 9.80. The number of nitrogens with two attached hydrogens (primary N) is 1. The number of carbonyl (C=O) groups is 1. The average Bonchev–Trinajstić information content (AvgIpc) is 2.84. The lowest BCUT2D eigenvalue weighted by Gasteiger charge is -2.33. The van der Waals surface area contributed by atoms with E-state index in [-0.39, 0.29) is 11.8 Å². The van der Waals surface area contributed by atoms with Crippen LogP contribution in [0.5, 0.6) is 0 Å². The molecule has 4 rings (SSSR count). The molecule has 0 saturated carbocycles. The van der Waals surface area contributed by atoms with Crippen molar-refractivity contribution in [3.05, 3.63) is 41.6 Å². The van der Waals surface area contributed by atoms with Crippen LogP contribution >= 0.6 is 0 Å². The number of benzene rings is 1. The van der Waals surface area contributed by atoms with E-state index in [1.165, 1.54) is 27.6 Å². The van der Waals surface area contributed by atoms with E-state index in [1.807, 2.05) is 0 Å². The minimum Gasteiger partial charge on any atom is -0.370 e. The Morgan fingerprint density at radius 2 is 2.30 bits per heavy atom. The molecule has 0 spiro atoms. The molecule has 0 radical (unpaired) electrons. The summed E-state index contributed by atoms with van der Waals surface area (Å²) >= 11 is 0. The van der Waals surface area contributed by atoms with Crippen LogP contribution in [0, 0.1) is 5.92 Å². The molecule has 4 heteroatoms. The van der Waals surface area contributed by atoms with Crippen molar-refractivity contribution in [3.8, 4) is 0 Å². The molecule has 2 aliphatic rings. The summed E-state index contributed by atoms with van der Waals surface area (Å²) in [5.74, 6) is -0.0297. The number of nitrogens with one attached hydrogen (secondary N) is 2. The zero-order valence-corrected chi connectivity index (χ0v) is 11.1. The van der Waals surface area contributed by atoms with Gasteiger partial charge >= 0.3 is 0 Å². The van der Waals surface area contributed by atoms with Crippen LogP contribution in [-0.2, 0) is 11.2 Å². The molecule has 0 unspecified atom stereocenters. The van der Waals surface area contributed by atoms with E-state index in [0.717, 1.165) is 13.0 Å². The Balaban J connectivity index is 1.84. The Hall–Kier alpha value is -2.07. The molecule has 4 nitrogen and oxygen atoms in total. The number of aromatic nitrogens is 1. The first-order valence-corrected chi connectivity index (χ1v) is 7.05. The molecule has 2 aromatic rings. The maximum atomic E-state index is 11.1. The molecule has 1 amide bonds. The highest BCUT2D eigenvalue weighted by atomic mass is 16.1. The summed E-state index contributed by atoms with van der Waals surface area (Å²) in [6.07, 6.45) is 5.78. The summed E-state index contributed by atoms with van der Waals surface area (Å²) in [6, 6.07) is 6.72. The van der Waals surface area contributed by atoms with Gasteiger partial charge in [-0.1, -0.05) is 18.2 Å². The van der Waals surface area contributed by atoms with E-state index < -0.39 is 0 Å². The SMILES string of the molecule is NC(=O)C[C@H]1C=C2c3cccc4[nH]cc(c34)C[C@H]2NC1. The number of hydrogen-bond donors (Lipinski definition) is 3. The van der Waals surface area contributed by atoms with Gasteiger partial charge in [0.15, 0.2) is 0 Å². The first-order valence-electron chi connectivity index (χ1n) is 7.05. The van der Waals surface area contributed by atoms with E-state index in [1.54, 1.807) is 0 Å². The number of primary amides is 1. The Morgan fingerprint density at radius 1 is 1.40 bits per heavy atom. The van der Waals surface area contributed by atoms with Crippen molar-refractivity contribution in [2.24, 2.45) is 11.7 Å². The maximum Gasteiger partial charge on any atom is 0.218 e. The molecule has 20 heavy (non-hydrogen) atoms. The van der Waals surface area contributed by atoms with E-state index >= 15 is 0 Å². The second-order valence-corrected chi connectivity index (χ2v) is 5.76. The summed E-state index contributed by atoms with van der Waals surface area (Å²) in [6.45, 7) is 0.826. The molecule has 0 bridgehead atoms. The zero-order chi connectivity index (χ0) is 13.7. The summed E-state index contributed by atoms with van der Waals surface area (Å²) in [4.78, 5) is 14.5. The van der Waals surface area contributed by atoms with Gasteiger partial charge in [0.2, 0.25) is 5.91 Å². The second kappa shape index (κ2) is 4.21. The first-order chi connectivity index (χ1) is 9.72. The summed E-state index contributed by atoms with van der Waals surface area (Å²) in [7, 11) is 0. The number of rotatable bonds is 2. The van der Waals surface area contributed by atoms with Crippen LogP contribution in [0.1, 0.15) is 17.5 Å². The minimum atomic E-state index is -0.233. The molecular formula is C16H17N3O. The van der Waals surface area contributed by atoms with Gasteiger partial charge in [-0.2, -0.15) is 0 Å². The summed E-state index contributed by atoms with van der Waals surface area (Å²) in [5.41, 5.74) is 10.5. The highest BCUT2D eigenvalue weighted by Crippen LogP contribution is 2.38. The van der Waals surface area contributed by atoms with Gasteiger partial charge < -0.3 is 16.0 Å². The molecular weight excluding hydrogens is 250 g/mol. The Kier molecular flexibility index (Phi) is 2.47. The number of H-pyrrole nitrogens is 1. The number of fused-ring (bicyclic) bond motifs is 2. The van der Waals surface area contributed by atoms with E-state index in [9.17, 15) is 4.79 Å². The highest BCUT2D eigenvalue weighted by molar-refractivity contribution is 5.98. The standard InChI is InChI=1S/C16H17N3O/c17-15(20)5-9-4-12-11-2-1-3-13-16(11)10(8-19-13)6-14(12)18-7-9/h1-4,8-9,14,18-19H,5-7H2,(H2,17,20)/t9-,14-/m1/s1. The lowest BCUT2D eigenvalue weighted by Crippen LogP contribution is -2.41. The third-order valence-corrected chi connectivity index (χ3v) is 4.40. The highest BCUT2D eigenvalue weighted by Gasteiger charge is 2.30. The number of hydrogen-bond acceptors (Lipinski definition) is 2.